The van der Waals surface area contributed by atoms with Gasteiger partial charge in [-0.05, 0) is 49.8 Å². The lowest BCUT2D eigenvalue weighted by molar-refractivity contribution is -0.155. The molecule has 3 heterocycles. The minimum atomic E-state index is -4.75. The van der Waals surface area contributed by atoms with Crippen molar-refractivity contribution >= 4 is 28.0 Å². The van der Waals surface area contributed by atoms with Gasteiger partial charge in [-0.2, -0.15) is 21.6 Å². The maximum Gasteiger partial charge on any atom is 0.419 e. The Hall–Kier alpha value is -2.91. The fourth-order valence-corrected chi connectivity index (χ4v) is 6.53. The molecule has 0 radical (unpaired) electrons. The lowest BCUT2D eigenvalue weighted by Crippen LogP contribution is -2.48. The van der Waals surface area contributed by atoms with Crippen LogP contribution in [-0.2, 0) is 44.8 Å². The van der Waals surface area contributed by atoms with Crippen LogP contribution in [0.5, 0.6) is 5.75 Å². The molecule has 11 nitrogen and oxygen atoms in total. The molecule has 1 N–H and O–H groups in total. The van der Waals surface area contributed by atoms with Gasteiger partial charge in [0.1, 0.15) is 47.8 Å². The summed E-state index contributed by atoms with van der Waals surface area (Å²) < 4.78 is 99.8. The number of rotatable bonds is 9. The Morgan fingerprint density at radius 1 is 1.15 bits per heavy atom. The van der Waals surface area contributed by atoms with Crippen molar-refractivity contribution in [2.24, 2.45) is 17.8 Å². The quantitative estimate of drug-likeness (QED) is 0.251. The van der Waals surface area contributed by atoms with Crippen molar-refractivity contribution in [3.8, 4) is 5.75 Å². The molecule has 5 rings (SSSR count). The van der Waals surface area contributed by atoms with Crippen LogP contribution in [0.1, 0.15) is 55.5 Å². The zero-order valence-electron chi connectivity index (χ0n) is 22.1. The number of hydrogen-bond acceptors (Lipinski definition) is 10. The maximum atomic E-state index is 13.9. The van der Waals surface area contributed by atoms with Crippen molar-refractivity contribution in [1.29, 1.82) is 0 Å². The number of benzene rings is 1. The average molecular weight is 607 g/mol. The Morgan fingerprint density at radius 3 is 2.44 bits per heavy atom. The van der Waals surface area contributed by atoms with E-state index in [0.717, 1.165) is 31.0 Å². The predicted molar refractivity (Wildman–Crippen MR) is 130 cm³/mol. The molecule has 1 aromatic carbocycles. The number of carbonyl (C=O) groups excluding carboxylic acids is 3. The minimum absolute atomic E-state index is 0.0907. The molecule has 4 fully saturated rings. The maximum absolute atomic E-state index is 13.9. The van der Waals surface area contributed by atoms with Gasteiger partial charge in [0.05, 0.1) is 11.1 Å². The summed E-state index contributed by atoms with van der Waals surface area (Å²) in [5.74, 6) is -6.66. The molecule has 41 heavy (non-hydrogen) atoms. The smallest absolute Gasteiger partial charge is 0.419 e. The first-order chi connectivity index (χ1) is 19.1. The minimum Gasteiger partial charge on any atom is -0.486 e. The first-order valence-electron chi connectivity index (χ1n) is 13.2. The Balaban J connectivity index is 1.37. The molecule has 1 saturated carbocycles. The fraction of sp³-hybridized carbons (Fsp3) is 0.654. The van der Waals surface area contributed by atoms with Crippen LogP contribution in [0.3, 0.4) is 0 Å². The number of carbonyl (C=O) groups is 3. The summed E-state index contributed by atoms with van der Waals surface area (Å²) in [4.78, 5) is 38.4. The van der Waals surface area contributed by atoms with Crippen LogP contribution in [0.4, 0.5) is 13.2 Å². The Kier molecular flexibility index (Phi) is 7.52. The van der Waals surface area contributed by atoms with E-state index in [1.165, 1.54) is 0 Å². The summed E-state index contributed by atoms with van der Waals surface area (Å²) in [5.41, 5.74) is -2.11. The fourth-order valence-electron chi connectivity index (χ4n) is 6.23. The molecule has 3 saturated heterocycles. The number of esters is 3. The molecule has 3 aliphatic heterocycles. The second-order valence-electron chi connectivity index (χ2n) is 11.1. The molecule has 15 heteroatoms. The monoisotopic (exact) mass is 606 g/mol. The number of alkyl halides is 3. The average Bonchev–Trinajstić information content (AvgIpc) is 3.61. The molecule has 0 amide bonds. The zero-order valence-corrected chi connectivity index (χ0v) is 22.9. The van der Waals surface area contributed by atoms with E-state index in [9.17, 15) is 36.0 Å². The topological polar surface area (TPSA) is 152 Å². The lowest BCUT2D eigenvalue weighted by atomic mass is 9.78. The molecule has 2 bridgehead atoms. The van der Waals surface area contributed by atoms with E-state index >= 15 is 0 Å². The standard InChI is InChI=1S/C26H29F3O11S/c1-12(2)25(7-3-4-8-25)40-15-11-13(5-6-14(15)26(27,28)29)22(30)38-20-18-16(23(31)36-9-10-41(33,34)35)17-19(37-18)21(20)39-24(17)32/h5-6,11-12,16-21H,3-4,7-10H2,1-2H3,(H,33,34,35). The van der Waals surface area contributed by atoms with E-state index in [4.69, 9.17) is 28.2 Å². The Labute approximate surface area is 233 Å². The second kappa shape index (κ2) is 10.4. The van der Waals surface area contributed by atoms with Crippen molar-refractivity contribution < 1.29 is 64.2 Å². The third kappa shape index (κ3) is 5.50. The summed E-state index contributed by atoms with van der Waals surface area (Å²) in [6.07, 6.45) is -6.47. The van der Waals surface area contributed by atoms with Gasteiger partial charge in [0.25, 0.3) is 10.1 Å². The van der Waals surface area contributed by atoms with E-state index in [2.05, 4.69) is 0 Å². The molecule has 4 aliphatic rings. The molecule has 1 aliphatic carbocycles. The van der Waals surface area contributed by atoms with Crippen LogP contribution >= 0.6 is 0 Å². The summed E-state index contributed by atoms with van der Waals surface area (Å²) in [7, 11) is -4.42. The van der Waals surface area contributed by atoms with E-state index < -0.39 is 99.7 Å². The third-order valence-corrected chi connectivity index (χ3v) is 9.03. The van der Waals surface area contributed by atoms with Gasteiger partial charge in [-0.1, -0.05) is 13.8 Å². The van der Waals surface area contributed by atoms with Crippen molar-refractivity contribution in [2.75, 3.05) is 12.4 Å². The van der Waals surface area contributed by atoms with Crippen molar-refractivity contribution in [2.45, 2.75) is 75.7 Å². The van der Waals surface area contributed by atoms with Crippen LogP contribution in [0, 0.1) is 17.8 Å². The zero-order chi connectivity index (χ0) is 29.9. The predicted octanol–water partition coefficient (Wildman–Crippen LogP) is 2.95. The molecule has 0 aromatic heterocycles. The van der Waals surface area contributed by atoms with Gasteiger partial charge >= 0.3 is 24.1 Å². The molecular weight excluding hydrogens is 577 g/mol. The second-order valence-corrected chi connectivity index (χ2v) is 12.7. The van der Waals surface area contributed by atoms with Gasteiger partial charge in [-0.3, -0.25) is 14.1 Å². The van der Waals surface area contributed by atoms with Crippen molar-refractivity contribution in [3.05, 3.63) is 29.3 Å². The SMILES string of the molecule is CC(C)C1(Oc2cc(C(=O)OC3C4OC(=O)C5C4OC3C5C(=O)OCCS(=O)(=O)O)ccc2C(F)(F)F)CCCC1. The molecule has 1 aromatic rings. The van der Waals surface area contributed by atoms with E-state index in [-0.39, 0.29) is 11.5 Å². The molecule has 226 valence electrons. The number of halogens is 3. The van der Waals surface area contributed by atoms with Crippen molar-refractivity contribution in [1.82, 2.24) is 0 Å². The van der Waals surface area contributed by atoms with Crippen LogP contribution in [-0.4, -0.2) is 73.3 Å². The van der Waals surface area contributed by atoms with Gasteiger partial charge < -0.3 is 23.7 Å². The number of ether oxygens (including phenoxy) is 5. The highest BCUT2D eigenvalue weighted by Crippen LogP contribution is 2.52. The van der Waals surface area contributed by atoms with Gasteiger partial charge in [-0.25, -0.2) is 4.79 Å². The summed E-state index contributed by atoms with van der Waals surface area (Å²) in [5, 5.41) is 0. The summed E-state index contributed by atoms with van der Waals surface area (Å²) in [6, 6.07) is 2.67. The lowest BCUT2D eigenvalue weighted by Gasteiger charge is -2.35. The largest absolute Gasteiger partial charge is 0.486 e. The van der Waals surface area contributed by atoms with Crippen LogP contribution in [0.2, 0.25) is 0 Å². The Bertz CT molecular complexity index is 1340. The summed E-state index contributed by atoms with van der Waals surface area (Å²) in [6.45, 7) is 3.05. The first kappa shape index (κ1) is 29.6. The Morgan fingerprint density at radius 2 is 1.83 bits per heavy atom. The van der Waals surface area contributed by atoms with E-state index in [0.29, 0.717) is 12.8 Å². The first-order valence-corrected chi connectivity index (χ1v) is 14.8. The molecular formula is C26H29F3O11S. The van der Waals surface area contributed by atoms with Crippen LogP contribution in [0.25, 0.3) is 0 Å². The highest BCUT2D eigenvalue weighted by molar-refractivity contribution is 7.85. The molecule has 0 spiro atoms. The van der Waals surface area contributed by atoms with E-state index in [1.807, 2.05) is 13.8 Å². The van der Waals surface area contributed by atoms with Crippen LogP contribution in [0.15, 0.2) is 18.2 Å². The van der Waals surface area contributed by atoms with Gasteiger partial charge in [0.2, 0.25) is 0 Å². The normalized spacial score (nSPS) is 30.0. The highest BCUT2D eigenvalue weighted by Gasteiger charge is 2.72. The molecule has 6 atom stereocenters. The number of fused-ring (bicyclic) bond motifs is 1. The third-order valence-electron chi connectivity index (χ3n) is 8.34. The van der Waals surface area contributed by atoms with Gasteiger partial charge in [0.15, 0.2) is 12.2 Å². The molecule has 6 unspecified atom stereocenters. The van der Waals surface area contributed by atoms with Gasteiger partial charge in [-0.15, -0.1) is 0 Å². The number of hydrogen-bond donors (Lipinski definition) is 1. The van der Waals surface area contributed by atoms with Gasteiger partial charge in [0, 0.05) is 0 Å². The summed E-state index contributed by atoms with van der Waals surface area (Å²) >= 11 is 0. The van der Waals surface area contributed by atoms with Crippen molar-refractivity contribution in [3.63, 3.8) is 0 Å². The van der Waals surface area contributed by atoms with Crippen LogP contribution < -0.4 is 4.74 Å². The van der Waals surface area contributed by atoms with E-state index in [1.54, 1.807) is 0 Å². The highest BCUT2D eigenvalue weighted by atomic mass is 32.2.